The second-order valence-electron chi connectivity index (χ2n) is 5.27. The largest absolute Gasteiger partial charge is 0.367 e. The summed E-state index contributed by atoms with van der Waals surface area (Å²) >= 11 is 5.95. The van der Waals surface area contributed by atoms with Gasteiger partial charge >= 0.3 is 0 Å². The monoisotopic (exact) mass is 282 g/mol. The lowest BCUT2D eigenvalue weighted by molar-refractivity contribution is 0.296. The molecule has 1 aromatic rings. The Bertz CT molecular complexity index is 414. The zero-order chi connectivity index (χ0) is 13.7. The molecular weight excluding hydrogens is 260 g/mol. The topological polar surface area (TPSA) is 41.1 Å². The quantitative estimate of drug-likeness (QED) is 0.922. The summed E-state index contributed by atoms with van der Waals surface area (Å²) in [5.74, 6) is 0.858. The van der Waals surface area contributed by atoms with E-state index in [1.807, 2.05) is 13.8 Å². The standard InChI is InChI=1S/C14H23ClN4/c1-11-12(2)14(18-17-13(11)15)16-7-10-19-8-5-3-4-6-9-19/h3-10H2,1-2H3,(H,16,18). The van der Waals surface area contributed by atoms with Crippen LogP contribution >= 0.6 is 11.6 Å². The Labute approximate surface area is 120 Å². The molecule has 1 fully saturated rings. The Kier molecular flexibility index (Phi) is 5.40. The molecule has 5 heteroatoms. The summed E-state index contributed by atoms with van der Waals surface area (Å²) in [6, 6.07) is 0. The molecular formula is C14H23ClN4. The minimum atomic E-state index is 0.496. The van der Waals surface area contributed by atoms with E-state index in [0.29, 0.717) is 5.15 Å². The second-order valence-corrected chi connectivity index (χ2v) is 5.63. The van der Waals surface area contributed by atoms with E-state index in [1.54, 1.807) is 0 Å². The highest BCUT2D eigenvalue weighted by Crippen LogP contribution is 2.20. The molecule has 1 aliphatic heterocycles. The van der Waals surface area contributed by atoms with Crippen LogP contribution in [-0.4, -0.2) is 41.3 Å². The third kappa shape index (κ3) is 4.05. The fourth-order valence-electron chi connectivity index (χ4n) is 2.44. The zero-order valence-corrected chi connectivity index (χ0v) is 12.6. The van der Waals surface area contributed by atoms with Crippen molar-refractivity contribution in [1.82, 2.24) is 15.1 Å². The fourth-order valence-corrected chi connectivity index (χ4v) is 2.62. The number of anilines is 1. The van der Waals surface area contributed by atoms with Crippen molar-refractivity contribution in [2.24, 2.45) is 0 Å². The van der Waals surface area contributed by atoms with Crippen molar-refractivity contribution >= 4 is 17.4 Å². The van der Waals surface area contributed by atoms with Crippen LogP contribution in [0.15, 0.2) is 0 Å². The van der Waals surface area contributed by atoms with Crippen LogP contribution in [0.2, 0.25) is 5.15 Å². The number of aromatic nitrogens is 2. The van der Waals surface area contributed by atoms with Crippen LogP contribution in [-0.2, 0) is 0 Å². The van der Waals surface area contributed by atoms with Crippen LogP contribution in [0.1, 0.15) is 36.8 Å². The van der Waals surface area contributed by atoms with Gasteiger partial charge in [-0.3, -0.25) is 0 Å². The van der Waals surface area contributed by atoms with Crippen LogP contribution < -0.4 is 5.32 Å². The molecule has 0 spiro atoms. The van der Waals surface area contributed by atoms with Gasteiger partial charge in [0.15, 0.2) is 11.0 Å². The Hall–Kier alpha value is -0.870. The fraction of sp³-hybridized carbons (Fsp3) is 0.714. The summed E-state index contributed by atoms with van der Waals surface area (Å²) in [6.45, 7) is 8.45. The molecule has 0 amide bonds. The number of nitrogens with one attached hydrogen (secondary N) is 1. The molecule has 1 aliphatic rings. The second kappa shape index (κ2) is 7.06. The Morgan fingerprint density at radius 1 is 1.05 bits per heavy atom. The van der Waals surface area contributed by atoms with Crippen molar-refractivity contribution < 1.29 is 0 Å². The van der Waals surface area contributed by atoms with Gasteiger partial charge in [-0.05, 0) is 50.9 Å². The van der Waals surface area contributed by atoms with Gasteiger partial charge in [-0.2, -0.15) is 0 Å². The molecule has 0 atom stereocenters. The summed E-state index contributed by atoms with van der Waals surface area (Å²) < 4.78 is 0. The van der Waals surface area contributed by atoms with Crippen molar-refractivity contribution in [1.29, 1.82) is 0 Å². The molecule has 1 N–H and O–H groups in total. The average Bonchev–Trinajstić information content (AvgIpc) is 2.67. The molecule has 1 saturated heterocycles. The number of hydrogen-bond donors (Lipinski definition) is 1. The van der Waals surface area contributed by atoms with Crippen LogP contribution in [0.25, 0.3) is 0 Å². The molecule has 4 nitrogen and oxygen atoms in total. The lowest BCUT2D eigenvalue weighted by atomic mass is 10.2. The third-order valence-corrected chi connectivity index (χ3v) is 4.24. The molecule has 106 valence electrons. The van der Waals surface area contributed by atoms with Gasteiger partial charge < -0.3 is 10.2 Å². The summed E-state index contributed by atoms with van der Waals surface area (Å²) in [5, 5.41) is 12.0. The first-order chi connectivity index (χ1) is 9.18. The maximum atomic E-state index is 5.95. The highest BCUT2D eigenvalue weighted by molar-refractivity contribution is 6.30. The van der Waals surface area contributed by atoms with E-state index in [4.69, 9.17) is 11.6 Å². The van der Waals surface area contributed by atoms with E-state index in [1.165, 1.54) is 38.8 Å². The lowest BCUT2D eigenvalue weighted by Crippen LogP contribution is -2.30. The summed E-state index contributed by atoms with van der Waals surface area (Å²) in [6.07, 6.45) is 5.42. The van der Waals surface area contributed by atoms with Crippen LogP contribution in [0.3, 0.4) is 0 Å². The van der Waals surface area contributed by atoms with Gasteiger partial charge in [-0.15, -0.1) is 10.2 Å². The van der Waals surface area contributed by atoms with E-state index in [2.05, 4.69) is 20.4 Å². The molecule has 0 aliphatic carbocycles. The van der Waals surface area contributed by atoms with E-state index in [9.17, 15) is 0 Å². The highest BCUT2D eigenvalue weighted by Gasteiger charge is 2.10. The number of rotatable bonds is 4. The summed E-state index contributed by atoms with van der Waals surface area (Å²) in [4.78, 5) is 2.53. The molecule has 0 aromatic carbocycles. The van der Waals surface area contributed by atoms with E-state index in [0.717, 1.165) is 30.0 Å². The van der Waals surface area contributed by atoms with Crippen LogP contribution in [0.4, 0.5) is 5.82 Å². The third-order valence-electron chi connectivity index (χ3n) is 3.88. The molecule has 2 heterocycles. The van der Waals surface area contributed by atoms with Gasteiger partial charge in [0.25, 0.3) is 0 Å². The Morgan fingerprint density at radius 3 is 2.42 bits per heavy atom. The smallest absolute Gasteiger partial charge is 0.155 e. The SMILES string of the molecule is Cc1c(Cl)nnc(NCCN2CCCCCC2)c1C. The number of nitrogens with zero attached hydrogens (tertiary/aromatic N) is 3. The first-order valence-electron chi connectivity index (χ1n) is 7.14. The molecule has 0 unspecified atom stereocenters. The van der Waals surface area contributed by atoms with Gasteiger partial charge in [0.1, 0.15) is 0 Å². The van der Waals surface area contributed by atoms with Crippen molar-refractivity contribution in [3.05, 3.63) is 16.3 Å². The van der Waals surface area contributed by atoms with E-state index in [-0.39, 0.29) is 0 Å². The maximum absolute atomic E-state index is 5.95. The Morgan fingerprint density at radius 2 is 1.74 bits per heavy atom. The van der Waals surface area contributed by atoms with Crippen LogP contribution in [0.5, 0.6) is 0 Å². The van der Waals surface area contributed by atoms with Crippen LogP contribution in [0, 0.1) is 13.8 Å². The maximum Gasteiger partial charge on any atom is 0.155 e. The van der Waals surface area contributed by atoms with E-state index >= 15 is 0 Å². The predicted molar refractivity (Wildman–Crippen MR) is 79.9 cm³/mol. The van der Waals surface area contributed by atoms with Gasteiger partial charge in [-0.1, -0.05) is 24.4 Å². The minimum Gasteiger partial charge on any atom is -0.367 e. The molecule has 2 rings (SSSR count). The van der Waals surface area contributed by atoms with Crippen molar-refractivity contribution in [2.75, 3.05) is 31.5 Å². The minimum absolute atomic E-state index is 0.496. The van der Waals surface area contributed by atoms with E-state index < -0.39 is 0 Å². The number of halogens is 1. The molecule has 19 heavy (non-hydrogen) atoms. The predicted octanol–water partition coefficient (Wildman–Crippen LogP) is 3.03. The lowest BCUT2D eigenvalue weighted by Gasteiger charge is -2.20. The van der Waals surface area contributed by atoms with Gasteiger partial charge in [-0.25, -0.2) is 0 Å². The number of likely N-dealkylation sites (tertiary alicyclic amines) is 1. The molecule has 0 bridgehead atoms. The summed E-state index contributed by atoms with van der Waals surface area (Å²) in [7, 11) is 0. The molecule has 1 aromatic heterocycles. The average molecular weight is 283 g/mol. The summed E-state index contributed by atoms with van der Waals surface area (Å²) in [5.41, 5.74) is 2.10. The molecule has 0 saturated carbocycles. The highest BCUT2D eigenvalue weighted by atomic mass is 35.5. The van der Waals surface area contributed by atoms with Crippen molar-refractivity contribution in [2.45, 2.75) is 39.5 Å². The van der Waals surface area contributed by atoms with Gasteiger partial charge in [0.05, 0.1) is 0 Å². The first kappa shape index (κ1) is 14.5. The van der Waals surface area contributed by atoms with Gasteiger partial charge in [0, 0.05) is 13.1 Å². The van der Waals surface area contributed by atoms with Crippen molar-refractivity contribution in [3.63, 3.8) is 0 Å². The first-order valence-corrected chi connectivity index (χ1v) is 7.52. The zero-order valence-electron chi connectivity index (χ0n) is 11.9. The normalized spacial score (nSPS) is 17.2. The number of hydrogen-bond acceptors (Lipinski definition) is 4. The van der Waals surface area contributed by atoms with Crippen molar-refractivity contribution in [3.8, 4) is 0 Å². The Balaban J connectivity index is 1.83. The van der Waals surface area contributed by atoms with Gasteiger partial charge in [0.2, 0.25) is 0 Å². The molecule has 0 radical (unpaired) electrons.